The molecular formula is C20H25NO4. The maximum absolute atomic E-state index is 12.5. The van der Waals surface area contributed by atoms with Crippen LogP contribution in [0.4, 0.5) is 0 Å². The van der Waals surface area contributed by atoms with Gasteiger partial charge in [0.1, 0.15) is 17.2 Å². The van der Waals surface area contributed by atoms with E-state index in [2.05, 4.69) is 5.32 Å². The zero-order chi connectivity index (χ0) is 18.4. The van der Waals surface area contributed by atoms with Crippen molar-refractivity contribution in [3.8, 4) is 17.2 Å². The summed E-state index contributed by atoms with van der Waals surface area (Å²) < 4.78 is 16.4. The van der Waals surface area contributed by atoms with Gasteiger partial charge >= 0.3 is 0 Å². The molecule has 0 saturated heterocycles. The second-order valence-electron chi connectivity index (χ2n) is 5.91. The van der Waals surface area contributed by atoms with Crippen LogP contribution in [-0.2, 0) is 4.79 Å². The molecule has 2 atom stereocenters. The number of aryl methyl sites for hydroxylation is 1. The fourth-order valence-corrected chi connectivity index (χ4v) is 2.53. The van der Waals surface area contributed by atoms with Gasteiger partial charge in [-0.1, -0.05) is 12.1 Å². The summed E-state index contributed by atoms with van der Waals surface area (Å²) in [6.07, 6.45) is -0.610. The molecule has 0 radical (unpaired) electrons. The van der Waals surface area contributed by atoms with Crippen molar-refractivity contribution in [2.45, 2.75) is 32.9 Å². The third-order valence-corrected chi connectivity index (χ3v) is 3.93. The van der Waals surface area contributed by atoms with Gasteiger partial charge in [0, 0.05) is 5.56 Å². The Morgan fingerprint density at radius 2 is 1.76 bits per heavy atom. The molecule has 0 aromatic heterocycles. The number of benzene rings is 2. The second kappa shape index (κ2) is 8.42. The molecule has 0 aliphatic carbocycles. The van der Waals surface area contributed by atoms with Crippen LogP contribution in [0.3, 0.4) is 0 Å². The van der Waals surface area contributed by atoms with Crippen molar-refractivity contribution in [1.82, 2.24) is 5.32 Å². The van der Waals surface area contributed by atoms with Gasteiger partial charge in [-0.15, -0.1) is 0 Å². The highest BCUT2D eigenvalue weighted by atomic mass is 16.5. The number of methoxy groups -OCH3 is 2. The van der Waals surface area contributed by atoms with Gasteiger partial charge in [0.05, 0.1) is 20.3 Å². The van der Waals surface area contributed by atoms with E-state index in [1.54, 1.807) is 21.1 Å². The summed E-state index contributed by atoms with van der Waals surface area (Å²) in [5.74, 6) is 1.88. The van der Waals surface area contributed by atoms with E-state index in [1.165, 1.54) is 0 Å². The second-order valence-corrected chi connectivity index (χ2v) is 5.91. The summed E-state index contributed by atoms with van der Waals surface area (Å²) in [7, 11) is 3.20. The highest BCUT2D eigenvalue weighted by Gasteiger charge is 2.20. The Morgan fingerprint density at radius 3 is 2.40 bits per heavy atom. The largest absolute Gasteiger partial charge is 0.497 e. The Kier molecular flexibility index (Phi) is 6.28. The molecular weight excluding hydrogens is 318 g/mol. The van der Waals surface area contributed by atoms with Crippen LogP contribution in [0, 0.1) is 6.92 Å². The van der Waals surface area contributed by atoms with Gasteiger partial charge in [-0.25, -0.2) is 0 Å². The van der Waals surface area contributed by atoms with Crippen molar-refractivity contribution in [3.05, 3.63) is 53.6 Å². The molecule has 5 heteroatoms. The molecule has 0 saturated carbocycles. The maximum Gasteiger partial charge on any atom is 0.261 e. The lowest BCUT2D eigenvalue weighted by Crippen LogP contribution is -2.37. The van der Waals surface area contributed by atoms with E-state index in [0.717, 1.165) is 11.1 Å². The number of rotatable bonds is 7. The number of hydrogen-bond acceptors (Lipinski definition) is 4. The minimum Gasteiger partial charge on any atom is -0.497 e. The predicted octanol–water partition coefficient (Wildman–Crippen LogP) is 3.66. The Morgan fingerprint density at radius 1 is 1.00 bits per heavy atom. The summed E-state index contributed by atoms with van der Waals surface area (Å²) in [6, 6.07) is 12.9. The van der Waals surface area contributed by atoms with E-state index in [0.29, 0.717) is 17.2 Å². The number of amides is 1. The monoisotopic (exact) mass is 343 g/mol. The third-order valence-electron chi connectivity index (χ3n) is 3.93. The first-order valence-electron chi connectivity index (χ1n) is 8.20. The van der Waals surface area contributed by atoms with Crippen molar-refractivity contribution < 1.29 is 19.0 Å². The molecule has 0 heterocycles. The van der Waals surface area contributed by atoms with E-state index in [9.17, 15) is 4.79 Å². The first-order chi connectivity index (χ1) is 11.9. The minimum atomic E-state index is -0.610. The Hall–Kier alpha value is -2.69. The summed E-state index contributed by atoms with van der Waals surface area (Å²) in [6.45, 7) is 5.61. The van der Waals surface area contributed by atoms with Gasteiger partial charge in [-0.05, 0) is 56.7 Å². The number of hydrogen-bond donors (Lipinski definition) is 1. The summed E-state index contributed by atoms with van der Waals surface area (Å²) in [5, 5.41) is 2.96. The first-order valence-corrected chi connectivity index (χ1v) is 8.20. The fraction of sp³-hybridized carbons (Fsp3) is 0.350. The summed E-state index contributed by atoms with van der Waals surface area (Å²) in [5.41, 5.74) is 1.93. The average Bonchev–Trinajstić information content (AvgIpc) is 2.60. The zero-order valence-corrected chi connectivity index (χ0v) is 15.3. The molecule has 0 bridgehead atoms. The number of carbonyl (C=O) groups excluding carboxylic acids is 1. The standard InChI is InChI=1S/C20H25NO4/c1-13-7-6-8-17(11-13)25-15(3)20(22)21-14(2)18-12-16(23-4)9-10-19(18)24-5/h6-12,14-15H,1-5H3,(H,21,22)/t14-,15-/m0/s1. The minimum absolute atomic E-state index is 0.195. The Bertz CT molecular complexity index is 729. The van der Waals surface area contributed by atoms with Crippen LogP contribution in [0.15, 0.2) is 42.5 Å². The van der Waals surface area contributed by atoms with Crippen molar-refractivity contribution in [3.63, 3.8) is 0 Å². The topological polar surface area (TPSA) is 56.8 Å². The van der Waals surface area contributed by atoms with E-state index in [-0.39, 0.29) is 11.9 Å². The molecule has 2 aromatic rings. The molecule has 1 amide bonds. The van der Waals surface area contributed by atoms with Gasteiger partial charge < -0.3 is 19.5 Å². The van der Waals surface area contributed by atoms with E-state index < -0.39 is 6.10 Å². The normalized spacial score (nSPS) is 12.8. The Labute approximate surface area is 148 Å². The maximum atomic E-state index is 12.5. The summed E-state index contributed by atoms with van der Waals surface area (Å²) in [4.78, 5) is 12.5. The van der Waals surface area contributed by atoms with Crippen molar-refractivity contribution in [2.24, 2.45) is 0 Å². The summed E-state index contributed by atoms with van der Waals surface area (Å²) >= 11 is 0. The van der Waals surface area contributed by atoms with Gasteiger partial charge in [0.2, 0.25) is 0 Å². The lowest BCUT2D eigenvalue weighted by atomic mass is 10.1. The van der Waals surface area contributed by atoms with E-state index in [4.69, 9.17) is 14.2 Å². The van der Waals surface area contributed by atoms with Crippen molar-refractivity contribution >= 4 is 5.91 Å². The molecule has 0 aliphatic rings. The molecule has 134 valence electrons. The quantitative estimate of drug-likeness (QED) is 0.834. The van der Waals surface area contributed by atoms with Crippen molar-refractivity contribution in [2.75, 3.05) is 14.2 Å². The molecule has 25 heavy (non-hydrogen) atoms. The van der Waals surface area contributed by atoms with Crippen LogP contribution in [0.25, 0.3) is 0 Å². The molecule has 5 nitrogen and oxygen atoms in total. The van der Waals surface area contributed by atoms with Crippen molar-refractivity contribution in [1.29, 1.82) is 0 Å². The lowest BCUT2D eigenvalue weighted by molar-refractivity contribution is -0.127. The number of nitrogens with one attached hydrogen (secondary N) is 1. The third kappa shape index (κ3) is 4.89. The lowest BCUT2D eigenvalue weighted by Gasteiger charge is -2.21. The molecule has 0 fully saturated rings. The van der Waals surface area contributed by atoms with Gasteiger partial charge in [0.15, 0.2) is 6.10 Å². The first kappa shape index (κ1) is 18.6. The van der Waals surface area contributed by atoms with Crippen LogP contribution in [-0.4, -0.2) is 26.2 Å². The molecule has 0 unspecified atom stereocenters. The average molecular weight is 343 g/mol. The molecule has 0 spiro atoms. The molecule has 0 aliphatic heterocycles. The molecule has 2 aromatic carbocycles. The SMILES string of the molecule is COc1ccc(OC)c([C@H](C)NC(=O)[C@H](C)Oc2cccc(C)c2)c1. The fourth-order valence-electron chi connectivity index (χ4n) is 2.53. The van der Waals surface area contributed by atoms with E-state index in [1.807, 2.05) is 56.3 Å². The van der Waals surface area contributed by atoms with Gasteiger partial charge in [-0.2, -0.15) is 0 Å². The van der Waals surface area contributed by atoms with Crippen LogP contribution >= 0.6 is 0 Å². The van der Waals surface area contributed by atoms with E-state index >= 15 is 0 Å². The smallest absolute Gasteiger partial charge is 0.261 e. The predicted molar refractivity (Wildman–Crippen MR) is 97.4 cm³/mol. The number of carbonyl (C=O) groups is 1. The highest BCUT2D eigenvalue weighted by Crippen LogP contribution is 2.29. The van der Waals surface area contributed by atoms with Crippen LogP contribution in [0.1, 0.15) is 31.0 Å². The number of ether oxygens (including phenoxy) is 3. The van der Waals surface area contributed by atoms with Crippen LogP contribution in [0.2, 0.25) is 0 Å². The Balaban J connectivity index is 2.06. The van der Waals surface area contributed by atoms with Gasteiger partial charge in [0.25, 0.3) is 5.91 Å². The zero-order valence-electron chi connectivity index (χ0n) is 15.3. The molecule has 1 N–H and O–H groups in total. The van der Waals surface area contributed by atoms with Gasteiger partial charge in [-0.3, -0.25) is 4.79 Å². The highest BCUT2D eigenvalue weighted by molar-refractivity contribution is 5.81. The van der Waals surface area contributed by atoms with Crippen LogP contribution < -0.4 is 19.5 Å². The van der Waals surface area contributed by atoms with Crippen LogP contribution in [0.5, 0.6) is 17.2 Å². The molecule has 2 rings (SSSR count).